The molecule has 0 spiro atoms. The first-order valence-corrected chi connectivity index (χ1v) is 9.42. The van der Waals surface area contributed by atoms with Crippen LogP contribution in [0.4, 0.5) is 18.9 Å². The highest BCUT2D eigenvalue weighted by Crippen LogP contribution is 2.35. The first kappa shape index (κ1) is 22.4. The number of carbonyl (C=O) groups is 1. The molecule has 3 rings (SSSR count). The Morgan fingerprint density at radius 1 is 1.13 bits per heavy atom. The first-order chi connectivity index (χ1) is 14.8. The van der Waals surface area contributed by atoms with E-state index in [1.165, 1.54) is 13.2 Å². The normalized spacial score (nSPS) is 11.4. The largest absolute Gasteiger partial charge is 0.489 e. The van der Waals surface area contributed by atoms with E-state index in [0.29, 0.717) is 17.3 Å². The number of hydrogen-bond donors (Lipinski definition) is 1. The van der Waals surface area contributed by atoms with Crippen molar-refractivity contribution in [3.63, 3.8) is 0 Å². The molecule has 0 radical (unpaired) electrons. The summed E-state index contributed by atoms with van der Waals surface area (Å²) in [5.74, 6) is 0.380. The van der Waals surface area contributed by atoms with Gasteiger partial charge in [0.25, 0.3) is 0 Å². The summed E-state index contributed by atoms with van der Waals surface area (Å²) in [7, 11) is 1.47. The van der Waals surface area contributed by atoms with Crippen molar-refractivity contribution in [1.82, 2.24) is 4.98 Å². The minimum atomic E-state index is -4.56. The second-order valence-corrected chi connectivity index (χ2v) is 6.66. The van der Waals surface area contributed by atoms with E-state index < -0.39 is 17.6 Å². The maximum atomic E-state index is 13.1. The zero-order valence-electron chi connectivity index (χ0n) is 17.0. The fourth-order valence-electron chi connectivity index (χ4n) is 2.81. The summed E-state index contributed by atoms with van der Waals surface area (Å²) in [6.07, 6.45) is -4.73. The van der Waals surface area contributed by atoms with Crippen molar-refractivity contribution in [2.45, 2.75) is 19.5 Å². The number of aromatic nitrogens is 1. The van der Waals surface area contributed by atoms with E-state index in [4.69, 9.17) is 13.9 Å². The van der Waals surface area contributed by atoms with Gasteiger partial charge in [-0.2, -0.15) is 13.2 Å². The van der Waals surface area contributed by atoms with Crippen molar-refractivity contribution in [3.05, 3.63) is 65.5 Å². The Hall–Kier alpha value is -3.33. The SMILES string of the molecule is COCCOc1ccc(C(F)(F)F)cc1NC(=O)Cc1nc(-c2ccccc2)oc1C. The Kier molecular flexibility index (Phi) is 6.96. The second-order valence-electron chi connectivity index (χ2n) is 6.66. The molecule has 0 atom stereocenters. The van der Waals surface area contributed by atoms with Gasteiger partial charge >= 0.3 is 6.18 Å². The number of nitrogens with zero attached hydrogens (tertiary/aromatic N) is 1. The molecule has 0 unspecified atom stereocenters. The fraction of sp³-hybridized carbons (Fsp3) is 0.273. The number of oxazole rings is 1. The van der Waals surface area contributed by atoms with Crippen molar-refractivity contribution in [2.24, 2.45) is 0 Å². The van der Waals surface area contributed by atoms with Gasteiger partial charge in [0.15, 0.2) is 0 Å². The van der Waals surface area contributed by atoms with Crippen molar-refractivity contribution in [1.29, 1.82) is 0 Å². The number of methoxy groups -OCH3 is 1. The molecule has 1 amide bonds. The minimum Gasteiger partial charge on any atom is -0.489 e. The molecule has 0 aliphatic carbocycles. The maximum absolute atomic E-state index is 13.1. The highest BCUT2D eigenvalue weighted by atomic mass is 19.4. The quantitative estimate of drug-likeness (QED) is 0.512. The second kappa shape index (κ2) is 9.65. The molecule has 0 fully saturated rings. The number of ether oxygens (including phenoxy) is 2. The van der Waals surface area contributed by atoms with Gasteiger partial charge in [-0.1, -0.05) is 18.2 Å². The lowest BCUT2D eigenvalue weighted by Gasteiger charge is -2.15. The van der Waals surface area contributed by atoms with Crippen LogP contribution < -0.4 is 10.1 Å². The summed E-state index contributed by atoms with van der Waals surface area (Å²) in [4.78, 5) is 16.9. The first-order valence-electron chi connectivity index (χ1n) is 9.42. The lowest BCUT2D eigenvalue weighted by Crippen LogP contribution is -2.17. The van der Waals surface area contributed by atoms with Crippen LogP contribution in [0.25, 0.3) is 11.5 Å². The van der Waals surface area contributed by atoms with Gasteiger partial charge in [0.1, 0.15) is 18.1 Å². The topological polar surface area (TPSA) is 73.6 Å². The molecule has 0 saturated carbocycles. The van der Waals surface area contributed by atoms with Crippen LogP contribution in [-0.4, -0.2) is 31.2 Å². The summed E-state index contributed by atoms with van der Waals surface area (Å²) in [6.45, 7) is 2.04. The number of aryl methyl sites for hydroxylation is 1. The van der Waals surface area contributed by atoms with Crippen LogP contribution in [0, 0.1) is 6.92 Å². The van der Waals surface area contributed by atoms with Crippen LogP contribution in [0.2, 0.25) is 0 Å². The van der Waals surface area contributed by atoms with E-state index >= 15 is 0 Å². The molecular formula is C22H21F3N2O4. The molecule has 2 aromatic carbocycles. The summed E-state index contributed by atoms with van der Waals surface area (Å²) in [5.41, 5.74) is 0.167. The molecule has 1 heterocycles. The van der Waals surface area contributed by atoms with E-state index in [-0.39, 0.29) is 31.1 Å². The molecular weight excluding hydrogens is 413 g/mol. The number of alkyl halides is 3. The number of benzene rings is 2. The summed E-state index contributed by atoms with van der Waals surface area (Å²) in [5, 5.41) is 2.49. The highest BCUT2D eigenvalue weighted by Gasteiger charge is 2.31. The molecule has 3 aromatic rings. The summed E-state index contributed by atoms with van der Waals surface area (Å²) < 4.78 is 55.3. The van der Waals surface area contributed by atoms with Crippen molar-refractivity contribution in [2.75, 3.05) is 25.6 Å². The third-order valence-electron chi connectivity index (χ3n) is 4.37. The Morgan fingerprint density at radius 3 is 2.55 bits per heavy atom. The zero-order valence-corrected chi connectivity index (χ0v) is 17.0. The molecule has 164 valence electrons. The van der Waals surface area contributed by atoms with Crippen LogP contribution in [0.1, 0.15) is 17.0 Å². The van der Waals surface area contributed by atoms with E-state index in [0.717, 1.165) is 17.7 Å². The maximum Gasteiger partial charge on any atom is 0.416 e. The minimum absolute atomic E-state index is 0.0830. The molecule has 1 aromatic heterocycles. The average molecular weight is 434 g/mol. The molecule has 0 saturated heterocycles. The van der Waals surface area contributed by atoms with E-state index in [1.807, 2.05) is 30.3 Å². The molecule has 9 heteroatoms. The number of hydrogen-bond acceptors (Lipinski definition) is 5. The number of amides is 1. The van der Waals surface area contributed by atoms with Gasteiger partial charge in [-0.05, 0) is 37.3 Å². The third kappa shape index (κ3) is 5.85. The van der Waals surface area contributed by atoms with Gasteiger partial charge in [0.05, 0.1) is 30.0 Å². The molecule has 31 heavy (non-hydrogen) atoms. The molecule has 1 N–H and O–H groups in total. The van der Waals surface area contributed by atoms with Crippen LogP contribution in [0.15, 0.2) is 52.9 Å². The lowest BCUT2D eigenvalue weighted by molar-refractivity contribution is -0.137. The van der Waals surface area contributed by atoms with Crippen molar-refractivity contribution >= 4 is 11.6 Å². The molecule has 0 aliphatic rings. The zero-order chi connectivity index (χ0) is 22.4. The molecule has 6 nitrogen and oxygen atoms in total. The van der Waals surface area contributed by atoms with Crippen LogP contribution in [-0.2, 0) is 22.1 Å². The van der Waals surface area contributed by atoms with Gasteiger partial charge in [-0.3, -0.25) is 4.79 Å². The van der Waals surface area contributed by atoms with Crippen LogP contribution in [0.3, 0.4) is 0 Å². The number of rotatable bonds is 8. The number of anilines is 1. The summed E-state index contributed by atoms with van der Waals surface area (Å²) in [6, 6.07) is 12.1. The highest BCUT2D eigenvalue weighted by molar-refractivity contribution is 5.93. The van der Waals surface area contributed by atoms with E-state index in [1.54, 1.807) is 6.92 Å². The Morgan fingerprint density at radius 2 is 1.87 bits per heavy atom. The molecule has 0 aliphatic heterocycles. The number of carbonyl (C=O) groups excluding carboxylic acids is 1. The Bertz CT molecular complexity index is 1030. The van der Waals surface area contributed by atoms with Gasteiger partial charge in [-0.25, -0.2) is 4.98 Å². The number of nitrogens with one attached hydrogen (secondary N) is 1. The molecule has 0 bridgehead atoms. The van der Waals surface area contributed by atoms with Gasteiger partial charge in [0.2, 0.25) is 11.8 Å². The van der Waals surface area contributed by atoms with Gasteiger partial charge in [-0.15, -0.1) is 0 Å². The number of halogens is 3. The van der Waals surface area contributed by atoms with Gasteiger partial charge in [0, 0.05) is 12.7 Å². The van der Waals surface area contributed by atoms with E-state index in [2.05, 4.69) is 10.3 Å². The fourth-order valence-corrected chi connectivity index (χ4v) is 2.81. The Labute approximate surface area is 177 Å². The van der Waals surface area contributed by atoms with E-state index in [9.17, 15) is 18.0 Å². The van der Waals surface area contributed by atoms with Crippen molar-refractivity contribution < 1.29 is 31.9 Å². The predicted octanol–water partition coefficient (Wildman–Crippen LogP) is 4.88. The standard InChI is InChI=1S/C22H21F3N2O4/c1-14-17(27-21(31-14)15-6-4-3-5-7-15)13-20(28)26-18-12-16(22(23,24)25)8-9-19(18)30-11-10-29-2/h3-9,12H,10-11,13H2,1-2H3,(H,26,28). The smallest absolute Gasteiger partial charge is 0.416 e. The lowest BCUT2D eigenvalue weighted by atomic mass is 10.1. The average Bonchev–Trinajstić information content (AvgIpc) is 3.09. The van der Waals surface area contributed by atoms with Gasteiger partial charge < -0.3 is 19.2 Å². The van der Waals surface area contributed by atoms with Crippen molar-refractivity contribution in [3.8, 4) is 17.2 Å². The summed E-state index contributed by atoms with van der Waals surface area (Å²) >= 11 is 0. The predicted molar refractivity (Wildman–Crippen MR) is 108 cm³/mol. The monoisotopic (exact) mass is 434 g/mol. The third-order valence-corrected chi connectivity index (χ3v) is 4.37. The Balaban J connectivity index is 1.78. The van der Waals surface area contributed by atoms with Crippen LogP contribution >= 0.6 is 0 Å². The van der Waals surface area contributed by atoms with Crippen LogP contribution in [0.5, 0.6) is 5.75 Å².